The van der Waals surface area contributed by atoms with Gasteiger partial charge in [0.25, 0.3) is 0 Å². The first-order valence-corrected chi connectivity index (χ1v) is 14.0. The van der Waals surface area contributed by atoms with Crippen LogP contribution in [-0.2, 0) is 23.7 Å². The number of benzene rings is 4. The molecular weight excluding hydrogens is 532 g/mol. The van der Waals surface area contributed by atoms with Gasteiger partial charge in [0.15, 0.2) is 5.75 Å². The Morgan fingerprint density at radius 2 is 1.19 bits per heavy atom. The van der Waals surface area contributed by atoms with Crippen LogP contribution in [0.3, 0.4) is 0 Å². The lowest BCUT2D eigenvalue weighted by atomic mass is 9.92. The zero-order valence-electron chi connectivity index (χ0n) is 19.7. The van der Waals surface area contributed by atoms with E-state index >= 15 is 0 Å². The number of halogens is 3. The second kappa shape index (κ2) is 10.3. The van der Waals surface area contributed by atoms with Crippen LogP contribution in [-0.4, -0.2) is 27.1 Å². The number of hydrogen-bond acceptors (Lipinski definition) is 7. The Morgan fingerprint density at radius 1 is 0.730 bits per heavy atom. The smallest absolute Gasteiger partial charge is 0.403 e. The lowest BCUT2D eigenvalue weighted by molar-refractivity contribution is -0.0499. The van der Waals surface area contributed by atoms with E-state index in [1.54, 1.807) is 68.4 Å². The number of phosphoric acid groups is 1. The van der Waals surface area contributed by atoms with Crippen molar-refractivity contribution in [2.45, 2.75) is 19.4 Å². The van der Waals surface area contributed by atoms with Crippen LogP contribution >= 0.6 is 7.82 Å². The molecule has 0 N–H and O–H groups in total. The summed E-state index contributed by atoms with van der Waals surface area (Å²) in [6.45, 7) is 3.17. The molecule has 0 aromatic heterocycles. The number of rotatable bonds is 9. The van der Waals surface area contributed by atoms with E-state index in [0.717, 1.165) is 6.07 Å². The third-order valence-corrected chi connectivity index (χ3v) is 7.83. The fourth-order valence-corrected chi connectivity index (χ4v) is 5.53. The van der Waals surface area contributed by atoms with Gasteiger partial charge in [0, 0.05) is 11.1 Å². The molecule has 0 aliphatic carbocycles. The average Bonchev–Trinajstić information content (AvgIpc) is 2.83. The second-order valence-corrected chi connectivity index (χ2v) is 10.8. The summed E-state index contributed by atoms with van der Waals surface area (Å²) in [5.41, 5.74) is -5.51. The van der Waals surface area contributed by atoms with Crippen molar-refractivity contribution in [3.8, 4) is 22.6 Å². The van der Waals surface area contributed by atoms with E-state index in [-0.39, 0.29) is 30.1 Å². The van der Waals surface area contributed by atoms with E-state index in [2.05, 4.69) is 4.18 Å². The molecule has 0 unspecified atom stereocenters. The quantitative estimate of drug-likeness (QED) is 0.121. The SMILES string of the molecule is CCOP(=O)(OCC)Oc1ccc2ccccc2c1-c1c(OS(=O)(=O)C(F)(F)F)ccc2ccccc12. The summed E-state index contributed by atoms with van der Waals surface area (Å²) in [7, 11) is -10.2. The second-order valence-electron chi connectivity index (χ2n) is 7.68. The van der Waals surface area contributed by atoms with E-state index in [1.807, 2.05) is 0 Å². The molecule has 0 radical (unpaired) electrons. The van der Waals surface area contributed by atoms with Gasteiger partial charge in [-0.15, -0.1) is 0 Å². The van der Waals surface area contributed by atoms with Crippen LogP contribution in [0.2, 0.25) is 0 Å². The predicted molar refractivity (Wildman–Crippen MR) is 134 cm³/mol. The third kappa shape index (κ3) is 5.45. The lowest BCUT2D eigenvalue weighted by Crippen LogP contribution is -2.28. The fraction of sp³-hybridized carbons (Fsp3) is 0.200. The highest BCUT2D eigenvalue weighted by Gasteiger charge is 2.49. The number of fused-ring (bicyclic) bond motifs is 2. The Kier molecular flexibility index (Phi) is 7.52. The van der Waals surface area contributed by atoms with Crippen molar-refractivity contribution in [1.29, 1.82) is 0 Å². The standard InChI is InChI=1S/C25H22F3O7PS/c1-3-32-36(29,33-4-2)34-21-15-13-17-9-5-7-11-19(17)23(21)24-20-12-8-6-10-18(20)14-16-22(24)35-37(30,31)25(26,27)28/h5-16H,3-4H2,1-2H3. The maximum Gasteiger partial charge on any atom is 0.534 e. The first-order valence-electron chi connectivity index (χ1n) is 11.1. The van der Waals surface area contributed by atoms with Gasteiger partial charge in [0.05, 0.1) is 13.2 Å². The van der Waals surface area contributed by atoms with Crippen molar-refractivity contribution < 1.29 is 43.9 Å². The Bertz CT molecular complexity index is 1590. The van der Waals surface area contributed by atoms with Crippen LogP contribution in [0, 0.1) is 0 Å². The molecule has 0 atom stereocenters. The minimum Gasteiger partial charge on any atom is -0.403 e. The molecule has 0 spiro atoms. The molecule has 0 saturated heterocycles. The molecule has 0 heterocycles. The summed E-state index contributed by atoms with van der Waals surface area (Å²) in [5.74, 6) is -0.644. The van der Waals surface area contributed by atoms with Crippen LogP contribution in [0.5, 0.6) is 11.5 Å². The van der Waals surface area contributed by atoms with Crippen molar-refractivity contribution in [3.63, 3.8) is 0 Å². The predicted octanol–water partition coefficient (Wildman–Crippen LogP) is 7.45. The van der Waals surface area contributed by atoms with Crippen LogP contribution < -0.4 is 8.71 Å². The van der Waals surface area contributed by atoms with Crippen molar-refractivity contribution >= 4 is 39.5 Å². The Labute approximate surface area is 211 Å². The Hall–Kier alpha value is -3.11. The Balaban J connectivity index is 2.08. The monoisotopic (exact) mass is 554 g/mol. The average molecular weight is 554 g/mol. The molecule has 0 aliphatic heterocycles. The van der Waals surface area contributed by atoms with Gasteiger partial charge in [0.1, 0.15) is 5.75 Å². The van der Waals surface area contributed by atoms with Crippen molar-refractivity contribution in [2.24, 2.45) is 0 Å². The minimum absolute atomic E-state index is 0.00253. The van der Waals surface area contributed by atoms with Crippen molar-refractivity contribution in [3.05, 3.63) is 72.8 Å². The molecule has 0 fully saturated rings. The van der Waals surface area contributed by atoms with Crippen molar-refractivity contribution in [1.82, 2.24) is 0 Å². The molecule has 196 valence electrons. The highest BCUT2D eigenvalue weighted by Crippen LogP contribution is 2.54. The van der Waals surface area contributed by atoms with Crippen LogP contribution in [0.1, 0.15) is 13.8 Å². The molecule has 37 heavy (non-hydrogen) atoms. The van der Waals surface area contributed by atoms with Gasteiger partial charge in [0.2, 0.25) is 0 Å². The molecular formula is C25H22F3O7PS. The fourth-order valence-electron chi connectivity index (χ4n) is 3.86. The molecule has 12 heteroatoms. The summed E-state index contributed by atoms with van der Waals surface area (Å²) in [4.78, 5) is 0. The van der Waals surface area contributed by atoms with E-state index in [1.165, 1.54) is 12.1 Å². The lowest BCUT2D eigenvalue weighted by Gasteiger charge is -2.22. The Morgan fingerprint density at radius 3 is 1.68 bits per heavy atom. The van der Waals surface area contributed by atoms with E-state index in [0.29, 0.717) is 21.5 Å². The maximum absolute atomic E-state index is 13.3. The van der Waals surface area contributed by atoms with Gasteiger partial charge in [-0.05, 0) is 47.5 Å². The molecule has 0 bridgehead atoms. The van der Waals surface area contributed by atoms with Gasteiger partial charge >= 0.3 is 23.4 Å². The largest absolute Gasteiger partial charge is 0.534 e. The van der Waals surface area contributed by atoms with E-state index in [9.17, 15) is 26.2 Å². The summed E-state index contributed by atoms with van der Waals surface area (Å²) in [6.07, 6.45) is 0. The first kappa shape index (κ1) is 26.9. The zero-order chi connectivity index (χ0) is 26.8. The van der Waals surface area contributed by atoms with Crippen LogP contribution in [0.25, 0.3) is 32.7 Å². The van der Waals surface area contributed by atoms with Crippen molar-refractivity contribution in [2.75, 3.05) is 13.2 Å². The highest BCUT2D eigenvalue weighted by molar-refractivity contribution is 7.88. The maximum atomic E-state index is 13.3. The topological polar surface area (TPSA) is 88.1 Å². The normalized spacial score (nSPS) is 12.7. The molecule has 7 nitrogen and oxygen atoms in total. The summed E-state index contributed by atoms with van der Waals surface area (Å²) >= 11 is 0. The number of alkyl halides is 3. The van der Waals surface area contributed by atoms with E-state index < -0.39 is 29.2 Å². The first-order chi connectivity index (χ1) is 17.5. The summed E-state index contributed by atoms with van der Waals surface area (Å²) in [5, 5.41) is 2.10. The molecule has 0 saturated carbocycles. The van der Waals surface area contributed by atoms with Crippen LogP contribution in [0.15, 0.2) is 72.8 Å². The van der Waals surface area contributed by atoms with Gasteiger partial charge in [-0.2, -0.15) is 21.6 Å². The molecule has 0 amide bonds. The summed E-state index contributed by atoms with van der Waals surface area (Å²) in [6, 6.07) is 19.3. The zero-order valence-corrected chi connectivity index (χ0v) is 21.4. The van der Waals surface area contributed by atoms with E-state index in [4.69, 9.17) is 13.6 Å². The summed E-state index contributed by atoms with van der Waals surface area (Å²) < 4.78 is 98.1. The number of hydrogen-bond donors (Lipinski definition) is 0. The molecule has 0 aliphatic rings. The molecule has 4 aromatic carbocycles. The third-order valence-electron chi connectivity index (χ3n) is 5.30. The van der Waals surface area contributed by atoms with Gasteiger partial charge in [-0.1, -0.05) is 60.7 Å². The number of phosphoric ester groups is 1. The van der Waals surface area contributed by atoms with Gasteiger partial charge < -0.3 is 8.71 Å². The van der Waals surface area contributed by atoms with Gasteiger partial charge in [-0.3, -0.25) is 9.05 Å². The molecule has 4 aromatic rings. The minimum atomic E-state index is -6.01. The van der Waals surface area contributed by atoms with Crippen LogP contribution in [0.4, 0.5) is 13.2 Å². The highest BCUT2D eigenvalue weighted by atomic mass is 32.2. The molecule has 4 rings (SSSR count). The van der Waals surface area contributed by atoms with Gasteiger partial charge in [-0.25, -0.2) is 4.57 Å².